The number of nitrogens with one attached hydrogen (secondary N) is 1. The van der Waals surface area contributed by atoms with Gasteiger partial charge in [0, 0.05) is 11.8 Å². The molecule has 2 rings (SSSR count). The molecule has 0 heterocycles. The highest BCUT2D eigenvalue weighted by molar-refractivity contribution is 5.96. The lowest BCUT2D eigenvalue weighted by Gasteiger charge is -2.13. The first-order valence-corrected chi connectivity index (χ1v) is 8.81. The van der Waals surface area contributed by atoms with Crippen molar-refractivity contribution in [1.82, 2.24) is 0 Å². The van der Waals surface area contributed by atoms with Crippen molar-refractivity contribution in [2.75, 3.05) is 11.9 Å². The Hall–Kier alpha value is -4.00. The maximum atomic E-state index is 12.2. The Morgan fingerprint density at radius 3 is 2.29 bits per heavy atom. The molecule has 7 nitrogen and oxygen atoms in total. The molecule has 0 aromatic heterocycles. The lowest BCUT2D eigenvalue weighted by atomic mass is 10.2. The van der Waals surface area contributed by atoms with E-state index in [-0.39, 0.29) is 12.3 Å². The minimum atomic E-state index is -4.81. The Bertz CT molecular complexity index is 964. The standard InChI is InChI=1S/C21H17F3N2O5/c1-14(20(28)26-16-5-9-18(10-6-16)31-21(22,23)24)30-19(27)11-4-15-2-7-17(8-3-15)29-13-12-25/h2-11,14H,13H2,1H3,(H,26,28)/b11-4+. The summed E-state index contributed by atoms with van der Waals surface area (Å²) in [6, 6.07) is 13.0. The van der Waals surface area contributed by atoms with E-state index in [4.69, 9.17) is 14.7 Å². The van der Waals surface area contributed by atoms with E-state index in [0.717, 1.165) is 18.2 Å². The van der Waals surface area contributed by atoms with Crippen molar-refractivity contribution >= 4 is 23.6 Å². The largest absolute Gasteiger partial charge is 0.573 e. The lowest BCUT2D eigenvalue weighted by Crippen LogP contribution is -2.29. The summed E-state index contributed by atoms with van der Waals surface area (Å²) in [4.78, 5) is 24.0. The van der Waals surface area contributed by atoms with Crippen molar-refractivity contribution in [3.05, 3.63) is 60.2 Å². The second-order valence-corrected chi connectivity index (χ2v) is 5.99. The number of hydrogen-bond donors (Lipinski definition) is 1. The molecule has 0 bridgehead atoms. The average Bonchev–Trinajstić information content (AvgIpc) is 2.71. The van der Waals surface area contributed by atoms with Crippen LogP contribution in [0.5, 0.6) is 11.5 Å². The van der Waals surface area contributed by atoms with Gasteiger partial charge in [-0.25, -0.2) is 4.79 Å². The van der Waals surface area contributed by atoms with Crippen LogP contribution in [-0.2, 0) is 14.3 Å². The molecule has 0 saturated heterocycles. The van der Waals surface area contributed by atoms with E-state index >= 15 is 0 Å². The van der Waals surface area contributed by atoms with Crippen molar-refractivity contribution in [3.8, 4) is 17.6 Å². The fourth-order valence-electron chi connectivity index (χ4n) is 2.21. The zero-order valence-electron chi connectivity index (χ0n) is 16.2. The van der Waals surface area contributed by atoms with E-state index in [0.29, 0.717) is 11.3 Å². The molecule has 1 unspecified atom stereocenters. The monoisotopic (exact) mass is 434 g/mol. The van der Waals surface area contributed by atoms with E-state index in [9.17, 15) is 22.8 Å². The predicted molar refractivity (Wildman–Crippen MR) is 104 cm³/mol. The van der Waals surface area contributed by atoms with E-state index in [1.165, 1.54) is 25.1 Å². The average molecular weight is 434 g/mol. The number of ether oxygens (including phenoxy) is 3. The highest BCUT2D eigenvalue weighted by Crippen LogP contribution is 2.24. The van der Waals surface area contributed by atoms with Crippen LogP contribution in [0.2, 0.25) is 0 Å². The van der Waals surface area contributed by atoms with Crippen molar-refractivity contribution in [3.63, 3.8) is 0 Å². The fraction of sp³-hybridized carbons (Fsp3) is 0.190. The molecule has 0 aliphatic heterocycles. The molecule has 0 radical (unpaired) electrons. The molecule has 31 heavy (non-hydrogen) atoms. The van der Waals surface area contributed by atoms with Gasteiger partial charge in [0.1, 0.15) is 17.6 Å². The van der Waals surface area contributed by atoms with Crippen molar-refractivity contribution in [2.45, 2.75) is 19.4 Å². The van der Waals surface area contributed by atoms with Crippen LogP contribution in [0.4, 0.5) is 18.9 Å². The number of carbonyl (C=O) groups excluding carboxylic acids is 2. The molecule has 0 spiro atoms. The van der Waals surface area contributed by atoms with Crippen molar-refractivity contribution in [2.24, 2.45) is 0 Å². The van der Waals surface area contributed by atoms with Crippen LogP contribution in [0.3, 0.4) is 0 Å². The number of esters is 1. The third-order valence-electron chi connectivity index (χ3n) is 3.61. The summed E-state index contributed by atoms with van der Waals surface area (Å²) in [5.41, 5.74) is 0.871. The van der Waals surface area contributed by atoms with Gasteiger partial charge in [-0.2, -0.15) is 5.26 Å². The minimum Gasteiger partial charge on any atom is -0.479 e. The molecule has 2 aromatic carbocycles. The molecular formula is C21H17F3N2O5. The Balaban J connectivity index is 1.84. The van der Waals surface area contributed by atoms with Gasteiger partial charge in [-0.05, 0) is 55.0 Å². The van der Waals surface area contributed by atoms with Gasteiger partial charge in [0.15, 0.2) is 12.7 Å². The Labute approximate surface area is 175 Å². The van der Waals surface area contributed by atoms with Crippen LogP contribution >= 0.6 is 0 Å². The molecule has 10 heteroatoms. The van der Waals surface area contributed by atoms with E-state index in [2.05, 4.69) is 10.1 Å². The number of rotatable bonds is 8. The number of amides is 1. The van der Waals surface area contributed by atoms with Gasteiger partial charge < -0.3 is 19.5 Å². The van der Waals surface area contributed by atoms with E-state index < -0.39 is 30.1 Å². The summed E-state index contributed by atoms with van der Waals surface area (Å²) in [5.74, 6) is -1.35. The van der Waals surface area contributed by atoms with Crippen LogP contribution in [0.1, 0.15) is 12.5 Å². The minimum absolute atomic E-state index is 0.0764. The van der Waals surface area contributed by atoms with Gasteiger partial charge in [0.25, 0.3) is 5.91 Å². The second-order valence-electron chi connectivity index (χ2n) is 5.99. The van der Waals surface area contributed by atoms with Gasteiger partial charge in [0.05, 0.1) is 0 Å². The Morgan fingerprint density at radius 2 is 1.71 bits per heavy atom. The van der Waals surface area contributed by atoms with Crippen molar-refractivity contribution in [1.29, 1.82) is 5.26 Å². The maximum absolute atomic E-state index is 12.2. The Morgan fingerprint density at radius 1 is 1.10 bits per heavy atom. The van der Waals surface area contributed by atoms with Crippen LogP contribution in [0.15, 0.2) is 54.6 Å². The molecular weight excluding hydrogens is 417 g/mol. The molecule has 0 aliphatic carbocycles. The quantitative estimate of drug-likeness (QED) is 0.497. The fourth-order valence-corrected chi connectivity index (χ4v) is 2.21. The number of hydrogen-bond acceptors (Lipinski definition) is 6. The summed E-state index contributed by atoms with van der Waals surface area (Å²) in [6.45, 7) is 1.27. The summed E-state index contributed by atoms with van der Waals surface area (Å²) in [6.07, 6.45) is -3.35. The first kappa shape index (κ1) is 23.3. The molecule has 1 atom stereocenters. The molecule has 1 N–H and O–H groups in total. The Kier molecular flexibility index (Phi) is 8.02. The van der Waals surface area contributed by atoms with Gasteiger partial charge >= 0.3 is 12.3 Å². The number of carbonyl (C=O) groups is 2. The molecule has 0 aliphatic rings. The highest BCUT2D eigenvalue weighted by atomic mass is 19.4. The molecule has 0 saturated carbocycles. The summed E-state index contributed by atoms with van der Waals surface area (Å²) < 4.78 is 50.3. The summed E-state index contributed by atoms with van der Waals surface area (Å²) in [5, 5.41) is 10.9. The summed E-state index contributed by atoms with van der Waals surface area (Å²) >= 11 is 0. The number of anilines is 1. The third-order valence-corrected chi connectivity index (χ3v) is 3.61. The van der Waals surface area contributed by atoms with Gasteiger partial charge in [0.2, 0.25) is 0 Å². The zero-order chi connectivity index (χ0) is 22.9. The van der Waals surface area contributed by atoms with Crippen LogP contribution in [0.25, 0.3) is 6.08 Å². The van der Waals surface area contributed by atoms with Crippen LogP contribution in [0, 0.1) is 11.3 Å². The van der Waals surface area contributed by atoms with Crippen LogP contribution < -0.4 is 14.8 Å². The number of nitrogens with zero attached hydrogens (tertiary/aromatic N) is 1. The second kappa shape index (κ2) is 10.7. The van der Waals surface area contributed by atoms with Gasteiger partial charge in [-0.15, -0.1) is 13.2 Å². The van der Waals surface area contributed by atoms with Gasteiger partial charge in [-0.1, -0.05) is 12.1 Å². The first-order valence-electron chi connectivity index (χ1n) is 8.81. The number of halogens is 3. The zero-order valence-corrected chi connectivity index (χ0v) is 16.2. The van der Waals surface area contributed by atoms with Crippen LogP contribution in [-0.4, -0.2) is 30.9 Å². The molecule has 0 fully saturated rings. The molecule has 162 valence electrons. The van der Waals surface area contributed by atoms with Crippen molar-refractivity contribution < 1.29 is 37.0 Å². The summed E-state index contributed by atoms with van der Waals surface area (Å²) in [7, 11) is 0. The van der Waals surface area contributed by atoms with E-state index in [1.807, 2.05) is 6.07 Å². The predicted octanol–water partition coefficient (Wildman–Crippen LogP) is 4.07. The number of alkyl halides is 3. The number of benzene rings is 2. The smallest absolute Gasteiger partial charge is 0.479 e. The van der Waals surface area contributed by atoms with Gasteiger partial charge in [-0.3, -0.25) is 4.79 Å². The highest BCUT2D eigenvalue weighted by Gasteiger charge is 2.31. The topological polar surface area (TPSA) is 97.7 Å². The SMILES string of the molecule is CC(OC(=O)/C=C/c1ccc(OCC#N)cc1)C(=O)Nc1ccc(OC(F)(F)F)cc1. The third kappa shape index (κ3) is 8.49. The van der Waals surface area contributed by atoms with E-state index in [1.54, 1.807) is 24.3 Å². The maximum Gasteiger partial charge on any atom is 0.573 e. The molecule has 2 aromatic rings. The lowest BCUT2D eigenvalue weighted by molar-refractivity contribution is -0.274. The molecule has 1 amide bonds. The first-order chi connectivity index (χ1) is 14.7. The number of nitriles is 1. The normalized spacial score (nSPS) is 12.0.